The highest BCUT2D eigenvalue weighted by Gasteiger charge is 2.37. The average molecular weight is 483 g/mol. The number of ether oxygens (including phenoxy) is 2. The summed E-state index contributed by atoms with van der Waals surface area (Å²) in [6.45, 7) is 8.48. The Morgan fingerprint density at radius 3 is 2.74 bits per heavy atom. The van der Waals surface area contributed by atoms with Gasteiger partial charge in [-0.05, 0) is 56.4 Å². The van der Waals surface area contributed by atoms with E-state index in [9.17, 15) is 14.7 Å². The molecule has 5 unspecified atom stereocenters. The Labute approximate surface area is 208 Å². The van der Waals surface area contributed by atoms with Gasteiger partial charge in [-0.2, -0.15) is 0 Å². The molecule has 0 fully saturated rings. The quantitative estimate of drug-likeness (QED) is 0.367. The molecule has 1 aromatic heterocycles. The zero-order valence-corrected chi connectivity index (χ0v) is 21.4. The summed E-state index contributed by atoms with van der Waals surface area (Å²) in [7, 11) is 1.87. The minimum absolute atomic E-state index is 0.0193. The lowest BCUT2D eigenvalue weighted by atomic mass is 9.65. The first-order chi connectivity index (χ1) is 16.7. The fourth-order valence-electron chi connectivity index (χ4n) is 5.06. The van der Waals surface area contributed by atoms with E-state index in [0.717, 1.165) is 6.42 Å². The molecule has 7 heteroatoms. The van der Waals surface area contributed by atoms with Crippen LogP contribution in [0.3, 0.4) is 0 Å². The Morgan fingerprint density at radius 1 is 1.31 bits per heavy atom. The van der Waals surface area contributed by atoms with Crippen LogP contribution in [0.25, 0.3) is 6.08 Å². The summed E-state index contributed by atoms with van der Waals surface area (Å²) in [5.74, 6) is -0.138. The van der Waals surface area contributed by atoms with Crippen LogP contribution in [0.5, 0.6) is 0 Å². The lowest BCUT2D eigenvalue weighted by Crippen LogP contribution is -2.35. The second-order valence-corrected chi connectivity index (χ2v) is 9.82. The number of carbonyl (C=O) groups is 2. The number of aliphatic hydroxyl groups excluding tert-OH is 1. The molecule has 1 heterocycles. The standard InChI is InChI=1S/C28H38N2O5/c1-6-34-28(33)25-15-24-22(18(2)3)12-10-19(4)23(24)14-21(8-7-9-26(25)31)35-27(32)13-11-20-16-30(5)17-29-20/h7,9-11,13,15-18,21-24,26,31H,6,8,12,14H2,1-5H3. The van der Waals surface area contributed by atoms with E-state index in [2.05, 4.69) is 31.8 Å². The lowest BCUT2D eigenvalue weighted by Gasteiger charge is -2.40. The van der Waals surface area contributed by atoms with Gasteiger partial charge in [-0.25, -0.2) is 14.6 Å². The molecule has 0 aliphatic heterocycles. The van der Waals surface area contributed by atoms with E-state index in [4.69, 9.17) is 9.47 Å². The number of imidazole rings is 1. The minimum atomic E-state index is -1.08. The van der Waals surface area contributed by atoms with Crippen LogP contribution < -0.4 is 0 Å². The van der Waals surface area contributed by atoms with Gasteiger partial charge in [-0.3, -0.25) is 0 Å². The highest BCUT2D eigenvalue weighted by Crippen LogP contribution is 2.43. The number of aliphatic hydroxyl groups is 1. The van der Waals surface area contributed by atoms with Gasteiger partial charge in [-0.1, -0.05) is 43.7 Å². The summed E-state index contributed by atoms with van der Waals surface area (Å²) in [6, 6.07) is 0. The average Bonchev–Trinajstić information content (AvgIpc) is 3.22. The topological polar surface area (TPSA) is 90.7 Å². The SMILES string of the molecule is CCOC(=O)C1=CC2C(CC(OC(=O)C=Cc3cn(C)cn3)CC=CC1O)C(C)=CCC2C(C)C. The molecule has 0 bridgehead atoms. The molecule has 2 aliphatic carbocycles. The van der Waals surface area contributed by atoms with Crippen molar-refractivity contribution >= 4 is 18.0 Å². The molecular weight excluding hydrogens is 444 g/mol. The summed E-state index contributed by atoms with van der Waals surface area (Å²) in [5.41, 5.74) is 2.18. The van der Waals surface area contributed by atoms with E-state index >= 15 is 0 Å². The van der Waals surface area contributed by atoms with E-state index in [1.54, 1.807) is 31.5 Å². The van der Waals surface area contributed by atoms with E-state index in [-0.39, 0.29) is 30.1 Å². The second kappa shape index (κ2) is 12.2. The number of esters is 2. The molecule has 5 atom stereocenters. The van der Waals surface area contributed by atoms with E-state index in [0.29, 0.717) is 30.4 Å². The van der Waals surface area contributed by atoms with Gasteiger partial charge in [0.05, 0.1) is 24.2 Å². The number of rotatable bonds is 6. The predicted octanol–water partition coefficient (Wildman–Crippen LogP) is 4.40. The molecule has 0 saturated carbocycles. The Hall–Kier alpha value is -2.93. The van der Waals surface area contributed by atoms with Crippen molar-refractivity contribution in [1.29, 1.82) is 0 Å². The third kappa shape index (κ3) is 7.04. The number of allylic oxidation sites excluding steroid dienone is 3. The molecule has 0 radical (unpaired) electrons. The molecule has 7 nitrogen and oxygen atoms in total. The Balaban J connectivity index is 1.89. The summed E-state index contributed by atoms with van der Waals surface area (Å²) >= 11 is 0. The van der Waals surface area contributed by atoms with Crippen molar-refractivity contribution in [1.82, 2.24) is 9.55 Å². The zero-order chi connectivity index (χ0) is 25.5. The number of aryl methyl sites for hydroxylation is 1. The maximum absolute atomic E-state index is 12.7. The maximum atomic E-state index is 12.7. The Morgan fingerprint density at radius 2 is 2.09 bits per heavy atom. The Bertz CT molecular complexity index is 1020. The van der Waals surface area contributed by atoms with Crippen LogP contribution in [0.4, 0.5) is 0 Å². The molecule has 2 aliphatic rings. The largest absolute Gasteiger partial charge is 0.463 e. The number of carbonyl (C=O) groups excluding carboxylic acids is 2. The van der Waals surface area contributed by atoms with Crippen LogP contribution >= 0.6 is 0 Å². The van der Waals surface area contributed by atoms with Crippen LogP contribution in [0.15, 0.2) is 54.1 Å². The molecule has 0 saturated heterocycles. The third-order valence-electron chi connectivity index (χ3n) is 6.95. The van der Waals surface area contributed by atoms with Gasteiger partial charge >= 0.3 is 11.9 Å². The van der Waals surface area contributed by atoms with Crippen LogP contribution in [-0.2, 0) is 26.1 Å². The molecule has 3 rings (SSSR count). The first-order valence-electron chi connectivity index (χ1n) is 12.5. The number of nitrogens with zero attached hydrogens (tertiary/aromatic N) is 2. The van der Waals surface area contributed by atoms with Crippen molar-refractivity contribution in [3.05, 3.63) is 59.7 Å². The van der Waals surface area contributed by atoms with E-state index < -0.39 is 18.0 Å². The van der Waals surface area contributed by atoms with E-state index in [1.165, 1.54) is 11.6 Å². The van der Waals surface area contributed by atoms with Crippen LogP contribution in [0.2, 0.25) is 0 Å². The molecule has 0 aromatic carbocycles. The van der Waals surface area contributed by atoms with Crippen LogP contribution in [0, 0.1) is 23.7 Å². The van der Waals surface area contributed by atoms with Gasteiger partial charge < -0.3 is 19.1 Å². The Kier molecular flexibility index (Phi) is 9.26. The van der Waals surface area contributed by atoms with Crippen molar-refractivity contribution in [2.75, 3.05) is 6.61 Å². The van der Waals surface area contributed by atoms with Crippen molar-refractivity contribution in [2.24, 2.45) is 30.7 Å². The van der Waals surface area contributed by atoms with Crippen LogP contribution in [-0.4, -0.2) is 45.4 Å². The maximum Gasteiger partial charge on any atom is 0.336 e. The lowest BCUT2D eigenvalue weighted by molar-refractivity contribution is -0.143. The van der Waals surface area contributed by atoms with E-state index in [1.807, 2.05) is 23.9 Å². The van der Waals surface area contributed by atoms with Gasteiger partial charge in [0.1, 0.15) is 12.2 Å². The number of hydrogen-bond donors (Lipinski definition) is 1. The summed E-state index contributed by atoms with van der Waals surface area (Å²) in [4.78, 5) is 29.5. The summed E-state index contributed by atoms with van der Waals surface area (Å²) in [5, 5.41) is 10.9. The molecule has 190 valence electrons. The molecular formula is C28H38N2O5. The van der Waals surface area contributed by atoms with Gasteiger partial charge in [0, 0.05) is 25.7 Å². The summed E-state index contributed by atoms with van der Waals surface area (Å²) in [6.07, 6.45) is 14.6. The third-order valence-corrected chi connectivity index (χ3v) is 6.95. The minimum Gasteiger partial charge on any atom is -0.463 e. The highest BCUT2D eigenvalue weighted by molar-refractivity contribution is 5.90. The molecule has 1 N–H and O–H groups in total. The van der Waals surface area contributed by atoms with Gasteiger partial charge in [-0.15, -0.1) is 0 Å². The van der Waals surface area contributed by atoms with Crippen molar-refractivity contribution < 1.29 is 24.2 Å². The highest BCUT2D eigenvalue weighted by atomic mass is 16.5. The number of aromatic nitrogens is 2. The second-order valence-electron chi connectivity index (χ2n) is 9.82. The molecule has 35 heavy (non-hydrogen) atoms. The number of hydrogen-bond acceptors (Lipinski definition) is 6. The van der Waals surface area contributed by atoms with Gasteiger partial charge in [0.2, 0.25) is 0 Å². The van der Waals surface area contributed by atoms with Crippen molar-refractivity contribution in [3.8, 4) is 0 Å². The first kappa shape index (κ1) is 26.7. The molecule has 0 spiro atoms. The predicted molar refractivity (Wildman–Crippen MR) is 135 cm³/mol. The van der Waals surface area contributed by atoms with Crippen LogP contribution in [0.1, 0.15) is 52.7 Å². The van der Waals surface area contributed by atoms with Crippen molar-refractivity contribution in [2.45, 2.75) is 59.2 Å². The van der Waals surface area contributed by atoms with Gasteiger partial charge in [0.25, 0.3) is 0 Å². The smallest absolute Gasteiger partial charge is 0.336 e. The van der Waals surface area contributed by atoms with Gasteiger partial charge in [0.15, 0.2) is 0 Å². The molecule has 1 aromatic rings. The first-order valence-corrected chi connectivity index (χ1v) is 12.5. The molecule has 0 amide bonds. The fourth-order valence-corrected chi connectivity index (χ4v) is 5.06. The normalized spacial score (nSPS) is 27.2. The number of fused-ring (bicyclic) bond motifs is 1. The fraction of sp³-hybridized carbons (Fsp3) is 0.536. The summed E-state index contributed by atoms with van der Waals surface area (Å²) < 4.78 is 12.9. The van der Waals surface area contributed by atoms with Crippen molar-refractivity contribution in [3.63, 3.8) is 0 Å². The monoisotopic (exact) mass is 482 g/mol. The zero-order valence-electron chi connectivity index (χ0n) is 21.4.